The van der Waals surface area contributed by atoms with Gasteiger partial charge in [-0.3, -0.25) is 9.10 Å². The molecule has 2 aromatic rings. The van der Waals surface area contributed by atoms with Crippen molar-refractivity contribution in [3.05, 3.63) is 58.6 Å². The molecule has 5 nitrogen and oxygen atoms in total. The van der Waals surface area contributed by atoms with Crippen LogP contribution in [0.3, 0.4) is 0 Å². The van der Waals surface area contributed by atoms with Gasteiger partial charge in [-0.05, 0) is 49.7 Å². The monoisotopic (exact) mass is 434 g/mol. The highest BCUT2D eigenvalue weighted by Crippen LogP contribution is 2.31. The summed E-state index contributed by atoms with van der Waals surface area (Å²) in [4.78, 5) is 12.6. The SMILES string of the molecule is Cc1ccc(Cl)cc1N(C(C)C(=O)Nc1cccc(C(F)(F)F)c1)S(C)(=O)=O. The molecule has 2 rings (SSSR count). The van der Waals surface area contributed by atoms with Crippen LogP contribution in [0.4, 0.5) is 24.5 Å². The van der Waals surface area contributed by atoms with Crippen LogP contribution in [0.25, 0.3) is 0 Å². The van der Waals surface area contributed by atoms with Crippen molar-refractivity contribution >= 4 is 38.9 Å². The normalized spacial score (nSPS) is 13.1. The average Bonchev–Trinajstić information content (AvgIpc) is 2.56. The molecule has 1 amide bonds. The Hall–Kier alpha value is -2.26. The number of aryl methyl sites for hydroxylation is 1. The number of nitrogens with one attached hydrogen (secondary N) is 1. The summed E-state index contributed by atoms with van der Waals surface area (Å²) < 4.78 is 64.1. The minimum Gasteiger partial charge on any atom is -0.324 e. The van der Waals surface area contributed by atoms with Crippen molar-refractivity contribution in [1.29, 1.82) is 0 Å². The largest absolute Gasteiger partial charge is 0.416 e. The van der Waals surface area contributed by atoms with E-state index in [0.717, 1.165) is 28.8 Å². The van der Waals surface area contributed by atoms with E-state index in [1.54, 1.807) is 19.1 Å². The average molecular weight is 435 g/mol. The summed E-state index contributed by atoms with van der Waals surface area (Å²) in [5.41, 5.74) is -0.248. The molecule has 1 atom stereocenters. The lowest BCUT2D eigenvalue weighted by molar-refractivity contribution is -0.137. The fourth-order valence-corrected chi connectivity index (χ4v) is 4.01. The van der Waals surface area contributed by atoms with Crippen LogP contribution in [-0.2, 0) is 21.0 Å². The van der Waals surface area contributed by atoms with E-state index >= 15 is 0 Å². The lowest BCUT2D eigenvalue weighted by Crippen LogP contribution is -2.45. The van der Waals surface area contributed by atoms with E-state index in [-0.39, 0.29) is 16.4 Å². The van der Waals surface area contributed by atoms with Crippen LogP contribution >= 0.6 is 11.6 Å². The van der Waals surface area contributed by atoms with Gasteiger partial charge >= 0.3 is 6.18 Å². The summed E-state index contributed by atoms with van der Waals surface area (Å²) >= 11 is 5.96. The Balaban J connectivity index is 2.37. The Morgan fingerprint density at radius 3 is 2.39 bits per heavy atom. The molecular weight excluding hydrogens is 417 g/mol. The molecule has 0 aliphatic heterocycles. The predicted octanol–water partition coefficient (Wildman–Crippen LogP) is 4.46. The first-order valence-corrected chi connectivity index (χ1v) is 10.3. The maximum absolute atomic E-state index is 12.8. The minimum absolute atomic E-state index is 0.0945. The van der Waals surface area contributed by atoms with Crippen molar-refractivity contribution in [3.63, 3.8) is 0 Å². The third-order valence-corrected chi connectivity index (χ3v) is 5.42. The zero-order valence-corrected chi connectivity index (χ0v) is 16.8. The van der Waals surface area contributed by atoms with Crippen molar-refractivity contribution in [2.24, 2.45) is 0 Å². The lowest BCUT2D eigenvalue weighted by atomic mass is 10.1. The number of amides is 1. The number of hydrogen-bond acceptors (Lipinski definition) is 3. The molecule has 28 heavy (non-hydrogen) atoms. The molecule has 2 aromatic carbocycles. The van der Waals surface area contributed by atoms with Gasteiger partial charge in [0.25, 0.3) is 0 Å². The first-order valence-electron chi connectivity index (χ1n) is 8.04. The third kappa shape index (κ3) is 5.17. The van der Waals surface area contributed by atoms with Crippen molar-refractivity contribution in [2.75, 3.05) is 15.9 Å². The van der Waals surface area contributed by atoms with Crippen molar-refractivity contribution < 1.29 is 26.4 Å². The van der Waals surface area contributed by atoms with Crippen LogP contribution in [-0.4, -0.2) is 26.6 Å². The zero-order valence-electron chi connectivity index (χ0n) is 15.2. The highest BCUT2D eigenvalue weighted by atomic mass is 35.5. The highest BCUT2D eigenvalue weighted by Gasteiger charge is 2.32. The van der Waals surface area contributed by atoms with Gasteiger partial charge in [0.05, 0.1) is 17.5 Å². The lowest BCUT2D eigenvalue weighted by Gasteiger charge is -2.29. The maximum atomic E-state index is 12.8. The van der Waals surface area contributed by atoms with Crippen LogP contribution in [0.5, 0.6) is 0 Å². The second-order valence-electron chi connectivity index (χ2n) is 6.23. The summed E-state index contributed by atoms with van der Waals surface area (Å²) in [5, 5.41) is 2.61. The Morgan fingerprint density at radius 2 is 1.82 bits per heavy atom. The summed E-state index contributed by atoms with van der Waals surface area (Å²) in [5.74, 6) is -0.788. The Morgan fingerprint density at radius 1 is 1.18 bits per heavy atom. The first kappa shape index (κ1) is 22.0. The zero-order chi connectivity index (χ0) is 21.3. The Bertz CT molecular complexity index is 994. The van der Waals surface area contributed by atoms with E-state index in [0.29, 0.717) is 5.56 Å². The van der Waals surface area contributed by atoms with Crippen LogP contribution < -0.4 is 9.62 Å². The second kappa shape index (κ2) is 8.00. The molecule has 0 spiro atoms. The first-order chi connectivity index (χ1) is 12.8. The summed E-state index contributed by atoms with van der Waals surface area (Å²) in [6.45, 7) is 2.99. The van der Waals surface area contributed by atoms with Crippen molar-refractivity contribution in [3.8, 4) is 0 Å². The standard InChI is InChI=1S/C18H18ClF3N2O3S/c1-11-7-8-14(19)10-16(11)24(28(3,26)27)12(2)17(25)23-15-6-4-5-13(9-15)18(20,21)22/h4-10,12H,1-3H3,(H,23,25). The Labute approximate surface area is 166 Å². The fourth-order valence-electron chi connectivity index (χ4n) is 2.62. The Kier molecular flexibility index (Phi) is 6.30. The van der Waals surface area contributed by atoms with E-state index in [1.807, 2.05) is 0 Å². The molecule has 0 aliphatic rings. The molecule has 0 aliphatic carbocycles. The molecular formula is C18H18ClF3N2O3S. The number of hydrogen-bond donors (Lipinski definition) is 1. The molecule has 10 heteroatoms. The van der Waals surface area contributed by atoms with E-state index < -0.39 is 33.7 Å². The number of rotatable bonds is 5. The number of halogens is 4. The van der Waals surface area contributed by atoms with Gasteiger partial charge in [-0.2, -0.15) is 13.2 Å². The summed E-state index contributed by atoms with van der Waals surface area (Å²) in [6, 6.07) is 7.44. The van der Waals surface area contributed by atoms with E-state index in [1.165, 1.54) is 19.1 Å². The molecule has 0 fully saturated rings. The van der Waals surface area contributed by atoms with Crippen LogP contribution in [0.1, 0.15) is 18.1 Å². The molecule has 0 saturated carbocycles. The van der Waals surface area contributed by atoms with E-state index in [9.17, 15) is 26.4 Å². The van der Waals surface area contributed by atoms with Crippen LogP contribution in [0.2, 0.25) is 5.02 Å². The van der Waals surface area contributed by atoms with Gasteiger partial charge < -0.3 is 5.32 Å². The number of alkyl halides is 3. The fraction of sp³-hybridized carbons (Fsp3) is 0.278. The molecule has 0 saturated heterocycles. The van der Waals surface area contributed by atoms with Gasteiger partial charge in [-0.25, -0.2) is 8.42 Å². The molecule has 152 valence electrons. The number of anilines is 2. The predicted molar refractivity (Wildman–Crippen MR) is 103 cm³/mol. The van der Waals surface area contributed by atoms with Crippen molar-refractivity contribution in [1.82, 2.24) is 0 Å². The summed E-state index contributed by atoms with van der Waals surface area (Å²) in [6.07, 6.45) is -3.63. The smallest absolute Gasteiger partial charge is 0.324 e. The molecule has 1 N–H and O–H groups in total. The van der Waals surface area contributed by atoms with Gasteiger partial charge in [0, 0.05) is 10.7 Å². The van der Waals surface area contributed by atoms with Crippen LogP contribution in [0.15, 0.2) is 42.5 Å². The number of benzene rings is 2. The third-order valence-electron chi connectivity index (χ3n) is 3.95. The highest BCUT2D eigenvalue weighted by molar-refractivity contribution is 7.92. The second-order valence-corrected chi connectivity index (χ2v) is 8.53. The molecule has 1 unspecified atom stereocenters. The summed E-state index contributed by atoms with van der Waals surface area (Å²) in [7, 11) is -3.89. The van der Waals surface area contributed by atoms with Crippen molar-refractivity contribution in [2.45, 2.75) is 26.1 Å². The van der Waals surface area contributed by atoms with Gasteiger partial charge in [-0.15, -0.1) is 0 Å². The van der Waals surface area contributed by atoms with Gasteiger partial charge in [0.1, 0.15) is 6.04 Å². The molecule has 0 radical (unpaired) electrons. The van der Waals surface area contributed by atoms with Crippen LogP contribution in [0, 0.1) is 6.92 Å². The minimum atomic E-state index is -4.57. The van der Waals surface area contributed by atoms with E-state index in [4.69, 9.17) is 11.6 Å². The number of sulfonamides is 1. The maximum Gasteiger partial charge on any atom is 0.416 e. The number of nitrogens with zero attached hydrogens (tertiary/aromatic N) is 1. The van der Waals surface area contributed by atoms with Gasteiger partial charge in [0.15, 0.2) is 0 Å². The number of carbonyl (C=O) groups excluding carboxylic acids is 1. The molecule has 0 aromatic heterocycles. The van der Waals surface area contributed by atoms with Gasteiger partial charge in [0.2, 0.25) is 15.9 Å². The van der Waals surface area contributed by atoms with Gasteiger partial charge in [-0.1, -0.05) is 23.7 Å². The quantitative estimate of drug-likeness (QED) is 0.755. The number of carbonyl (C=O) groups is 1. The topological polar surface area (TPSA) is 66.5 Å². The van der Waals surface area contributed by atoms with E-state index in [2.05, 4.69) is 5.32 Å². The molecule has 0 heterocycles. The molecule has 0 bridgehead atoms.